The van der Waals surface area contributed by atoms with Gasteiger partial charge in [0.25, 0.3) is 5.91 Å². The lowest BCUT2D eigenvalue weighted by Gasteiger charge is -2.29. The fourth-order valence-corrected chi connectivity index (χ4v) is 1.83. The van der Waals surface area contributed by atoms with Crippen molar-refractivity contribution < 1.29 is 19.8 Å². The SMILES string of the molecule is CCC(CO)(CO)NC(=O)CNC(=O)c1cccc(C)c1. The van der Waals surface area contributed by atoms with Crippen LogP contribution in [0, 0.1) is 6.92 Å². The van der Waals surface area contributed by atoms with E-state index in [-0.39, 0.29) is 25.7 Å². The second kappa shape index (κ2) is 7.75. The number of aliphatic hydroxyl groups is 2. The van der Waals surface area contributed by atoms with E-state index in [1.165, 1.54) is 0 Å². The van der Waals surface area contributed by atoms with Crippen molar-refractivity contribution in [3.05, 3.63) is 35.4 Å². The van der Waals surface area contributed by atoms with Crippen LogP contribution >= 0.6 is 0 Å². The minimum atomic E-state index is -1.05. The molecule has 0 aliphatic rings. The number of aryl methyl sites for hydroxylation is 1. The van der Waals surface area contributed by atoms with Crippen LogP contribution < -0.4 is 10.6 Å². The van der Waals surface area contributed by atoms with Crippen LogP contribution in [0.3, 0.4) is 0 Å². The van der Waals surface area contributed by atoms with Gasteiger partial charge in [-0.3, -0.25) is 9.59 Å². The summed E-state index contributed by atoms with van der Waals surface area (Å²) in [5.74, 6) is -0.801. The second-order valence-electron chi connectivity index (χ2n) is 5.05. The molecule has 0 fully saturated rings. The summed E-state index contributed by atoms with van der Waals surface area (Å²) in [6.45, 7) is 2.68. The molecular weight excluding hydrogens is 272 g/mol. The Hall–Kier alpha value is -1.92. The van der Waals surface area contributed by atoms with Gasteiger partial charge in [0.2, 0.25) is 5.91 Å². The van der Waals surface area contributed by atoms with E-state index in [1.807, 2.05) is 13.0 Å². The van der Waals surface area contributed by atoms with Gasteiger partial charge in [-0.15, -0.1) is 0 Å². The van der Waals surface area contributed by atoms with E-state index in [4.69, 9.17) is 0 Å². The summed E-state index contributed by atoms with van der Waals surface area (Å²) in [5.41, 5.74) is 0.386. The minimum absolute atomic E-state index is 0.214. The van der Waals surface area contributed by atoms with E-state index in [0.717, 1.165) is 5.56 Å². The van der Waals surface area contributed by atoms with E-state index in [0.29, 0.717) is 12.0 Å². The molecule has 0 unspecified atom stereocenters. The average Bonchev–Trinajstić information content (AvgIpc) is 2.50. The van der Waals surface area contributed by atoms with Crippen LogP contribution in [-0.4, -0.2) is 47.3 Å². The highest BCUT2D eigenvalue weighted by Crippen LogP contribution is 2.08. The normalized spacial score (nSPS) is 11.0. The number of aliphatic hydroxyl groups excluding tert-OH is 2. The molecule has 116 valence electrons. The van der Waals surface area contributed by atoms with Crippen molar-refractivity contribution in [2.24, 2.45) is 0 Å². The molecule has 2 amide bonds. The molecule has 0 saturated carbocycles. The molecule has 0 spiro atoms. The topological polar surface area (TPSA) is 98.7 Å². The first-order chi connectivity index (χ1) is 9.96. The third-order valence-corrected chi connectivity index (χ3v) is 3.38. The Balaban J connectivity index is 2.55. The third-order valence-electron chi connectivity index (χ3n) is 3.38. The van der Waals surface area contributed by atoms with Gasteiger partial charge < -0.3 is 20.8 Å². The molecule has 0 aliphatic carbocycles. The number of nitrogens with one attached hydrogen (secondary N) is 2. The number of rotatable bonds is 7. The molecule has 4 N–H and O–H groups in total. The summed E-state index contributed by atoms with van der Waals surface area (Å²) in [6.07, 6.45) is 0.386. The highest BCUT2D eigenvalue weighted by atomic mass is 16.3. The Morgan fingerprint density at radius 1 is 1.24 bits per heavy atom. The van der Waals surface area contributed by atoms with E-state index in [2.05, 4.69) is 10.6 Å². The van der Waals surface area contributed by atoms with Crippen LogP contribution in [0.15, 0.2) is 24.3 Å². The summed E-state index contributed by atoms with van der Waals surface area (Å²) in [6, 6.07) is 7.04. The molecular formula is C15H22N2O4. The number of carbonyl (C=O) groups excluding carboxylic acids is 2. The predicted octanol–water partition coefficient (Wildman–Crippen LogP) is -0.0256. The molecule has 1 aromatic rings. The Bertz CT molecular complexity index is 490. The zero-order valence-electron chi connectivity index (χ0n) is 12.3. The van der Waals surface area contributed by atoms with Gasteiger partial charge in [0.05, 0.1) is 25.3 Å². The maximum atomic E-state index is 11.9. The molecule has 0 radical (unpaired) electrons. The smallest absolute Gasteiger partial charge is 0.251 e. The fraction of sp³-hybridized carbons (Fsp3) is 0.467. The summed E-state index contributed by atoms with van der Waals surface area (Å²) >= 11 is 0. The van der Waals surface area contributed by atoms with Gasteiger partial charge in [0.15, 0.2) is 0 Å². The van der Waals surface area contributed by atoms with Crippen LogP contribution in [-0.2, 0) is 4.79 Å². The van der Waals surface area contributed by atoms with Gasteiger partial charge in [0, 0.05) is 5.56 Å². The minimum Gasteiger partial charge on any atom is -0.394 e. The Labute approximate surface area is 124 Å². The zero-order chi connectivity index (χ0) is 15.9. The second-order valence-corrected chi connectivity index (χ2v) is 5.05. The molecule has 1 aromatic carbocycles. The van der Waals surface area contributed by atoms with Crippen molar-refractivity contribution in [1.29, 1.82) is 0 Å². The first-order valence-corrected chi connectivity index (χ1v) is 6.84. The highest BCUT2D eigenvalue weighted by molar-refractivity contribution is 5.96. The molecule has 0 aromatic heterocycles. The zero-order valence-corrected chi connectivity index (χ0v) is 12.3. The Morgan fingerprint density at radius 2 is 1.90 bits per heavy atom. The van der Waals surface area contributed by atoms with Gasteiger partial charge in [-0.2, -0.15) is 0 Å². The maximum Gasteiger partial charge on any atom is 0.251 e. The van der Waals surface area contributed by atoms with Crippen LogP contribution in [0.1, 0.15) is 29.3 Å². The van der Waals surface area contributed by atoms with Gasteiger partial charge >= 0.3 is 0 Å². The summed E-state index contributed by atoms with van der Waals surface area (Å²) in [7, 11) is 0. The highest BCUT2D eigenvalue weighted by Gasteiger charge is 2.28. The number of hydrogen-bond donors (Lipinski definition) is 4. The fourth-order valence-electron chi connectivity index (χ4n) is 1.83. The van der Waals surface area contributed by atoms with E-state index >= 15 is 0 Å². The van der Waals surface area contributed by atoms with Crippen LogP contribution in [0.4, 0.5) is 0 Å². The quantitative estimate of drug-likeness (QED) is 0.568. The molecule has 0 atom stereocenters. The number of hydrogen-bond acceptors (Lipinski definition) is 4. The van der Waals surface area contributed by atoms with Crippen molar-refractivity contribution in [2.75, 3.05) is 19.8 Å². The van der Waals surface area contributed by atoms with Crippen molar-refractivity contribution in [2.45, 2.75) is 25.8 Å². The van der Waals surface area contributed by atoms with E-state index in [9.17, 15) is 19.8 Å². The van der Waals surface area contributed by atoms with E-state index < -0.39 is 11.4 Å². The molecule has 6 heteroatoms. The summed E-state index contributed by atoms with van der Waals surface area (Å²) in [4.78, 5) is 23.7. The first-order valence-electron chi connectivity index (χ1n) is 6.84. The Morgan fingerprint density at radius 3 is 2.43 bits per heavy atom. The molecule has 0 saturated heterocycles. The van der Waals surface area contributed by atoms with Crippen molar-refractivity contribution in [1.82, 2.24) is 10.6 Å². The van der Waals surface area contributed by atoms with Crippen LogP contribution in [0.2, 0.25) is 0 Å². The van der Waals surface area contributed by atoms with Crippen molar-refractivity contribution in [3.63, 3.8) is 0 Å². The first kappa shape index (κ1) is 17.1. The lowest BCUT2D eigenvalue weighted by molar-refractivity contribution is -0.123. The predicted molar refractivity (Wildman–Crippen MR) is 78.8 cm³/mol. The molecule has 0 aliphatic heterocycles. The monoisotopic (exact) mass is 294 g/mol. The Kier molecular flexibility index (Phi) is 6.33. The standard InChI is InChI=1S/C15H22N2O4/c1-3-15(9-18,10-19)17-13(20)8-16-14(21)12-6-4-5-11(2)7-12/h4-7,18-19H,3,8-10H2,1-2H3,(H,16,21)(H,17,20). The molecule has 0 heterocycles. The van der Waals surface area contributed by atoms with Gasteiger partial charge in [-0.25, -0.2) is 0 Å². The maximum absolute atomic E-state index is 11.9. The van der Waals surface area contributed by atoms with Crippen LogP contribution in [0.25, 0.3) is 0 Å². The van der Waals surface area contributed by atoms with E-state index in [1.54, 1.807) is 25.1 Å². The largest absolute Gasteiger partial charge is 0.394 e. The lowest BCUT2D eigenvalue weighted by Crippen LogP contribution is -2.55. The molecule has 21 heavy (non-hydrogen) atoms. The number of carbonyl (C=O) groups is 2. The molecule has 6 nitrogen and oxygen atoms in total. The van der Waals surface area contributed by atoms with Crippen LogP contribution in [0.5, 0.6) is 0 Å². The van der Waals surface area contributed by atoms with Gasteiger partial charge in [-0.1, -0.05) is 24.6 Å². The number of benzene rings is 1. The molecule has 1 rings (SSSR count). The summed E-state index contributed by atoms with van der Waals surface area (Å²) in [5, 5.41) is 23.5. The van der Waals surface area contributed by atoms with Gasteiger partial charge in [0.1, 0.15) is 0 Å². The van der Waals surface area contributed by atoms with Gasteiger partial charge in [-0.05, 0) is 25.5 Å². The lowest BCUT2D eigenvalue weighted by atomic mass is 9.98. The summed E-state index contributed by atoms with van der Waals surface area (Å²) < 4.78 is 0. The van der Waals surface area contributed by atoms with Crippen molar-refractivity contribution in [3.8, 4) is 0 Å². The number of amides is 2. The van der Waals surface area contributed by atoms with Crippen molar-refractivity contribution >= 4 is 11.8 Å². The molecule has 0 bridgehead atoms. The average molecular weight is 294 g/mol. The third kappa shape index (κ3) is 4.84.